The fraction of sp³-hybridized carbons (Fsp3) is 0.188. The van der Waals surface area contributed by atoms with Crippen molar-refractivity contribution in [3.8, 4) is 5.75 Å². The summed E-state index contributed by atoms with van der Waals surface area (Å²) >= 11 is 5.80. The van der Waals surface area contributed by atoms with Crippen LogP contribution in [0.5, 0.6) is 5.75 Å². The van der Waals surface area contributed by atoms with Gasteiger partial charge in [-0.2, -0.15) is 0 Å². The Hall–Kier alpha value is -2.04. The lowest BCUT2D eigenvalue weighted by Gasteiger charge is -2.08. The van der Waals surface area contributed by atoms with Gasteiger partial charge in [0.25, 0.3) is 5.91 Å². The van der Waals surface area contributed by atoms with Gasteiger partial charge in [0.2, 0.25) is 0 Å². The number of benzene rings is 2. The second-order valence-corrected chi connectivity index (χ2v) is 4.98. The molecular formula is C16H17ClN2O2. The molecule has 3 N–H and O–H groups in total. The monoisotopic (exact) mass is 304 g/mol. The van der Waals surface area contributed by atoms with Crippen molar-refractivity contribution in [3.63, 3.8) is 0 Å². The van der Waals surface area contributed by atoms with Crippen LogP contribution in [0.25, 0.3) is 0 Å². The van der Waals surface area contributed by atoms with E-state index in [0.717, 1.165) is 11.1 Å². The molecule has 0 aliphatic carbocycles. The van der Waals surface area contributed by atoms with E-state index < -0.39 is 0 Å². The first-order valence-corrected chi connectivity index (χ1v) is 6.98. The molecule has 0 saturated heterocycles. The number of carbonyl (C=O) groups is 1. The van der Waals surface area contributed by atoms with Crippen LogP contribution in [0.15, 0.2) is 48.5 Å². The van der Waals surface area contributed by atoms with Crippen LogP contribution >= 0.6 is 11.6 Å². The Morgan fingerprint density at radius 1 is 1.05 bits per heavy atom. The molecule has 2 aromatic rings. The lowest BCUT2D eigenvalue weighted by Crippen LogP contribution is -2.28. The summed E-state index contributed by atoms with van der Waals surface area (Å²) in [6, 6.07) is 14.7. The lowest BCUT2D eigenvalue weighted by atomic mass is 10.2. The van der Waals surface area contributed by atoms with E-state index in [9.17, 15) is 4.79 Å². The van der Waals surface area contributed by atoms with Crippen molar-refractivity contribution >= 4 is 17.5 Å². The summed E-state index contributed by atoms with van der Waals surface area (Å²) in [6.07, 6.45) is 0. The zero-order valence-electron chi connectivity index (χ0n) is 11.5. The van der Waals surface area contributed by atoms with Crippen molar-refractivity contribution in [2.75, 3.05) is 6.61 Å². The van der Waals surface area contributed by atoms with E-state index in [1.807, 2.05) is 24.3 Å². The summed E-state index contributed by atoms with van der Waals surface area (Å²) in [5.41, 5.74) is 7.52. The number of carbonyl (C=O) groups excluding carboxylic acids is 1. The highest BCUT2D eigenvalue weighted by molar-refractivity contribution is 6.30. The van der Waals surface area contributed by atoms with E-state index in [1.54, 1.807) is 24.3 Å². The van der Waals surface area contributed by atoms with Crippen LogP contribution < -0.4 is 15.8 Å². The van der Waals surface area contributed by atoms with Crippen molar-refractivity contribution in [2.45, 2.75) is 13.1 Å². The molecule has 0 bridgehead atoms. The first-order chi connectivity index (χ1) is 10.2. The highest BCUT2D eigenvalue weighted by atomic mass is 35.5. The van der Waals surface area contributed by atoms with Gasteiger partial charge < -0.3 is 15.8 Å². The quantitative estimate of drug-likeness (QED) is 0.862. The van der Waals surface area contributed by atoms with Crippen molar-refractivity contribution in [1.82, 2.24) is 5.32 Å². The molecule has 1 amide bonds. The van der Waals surface area contributed by atoms with E-state index in [4.69, 9.17) is 22.1 Å². The van der Waals surface area contributed by atoms with Crippen molar-refractivity contribution < 1.29 is 9.53 Å². The van der Waals surface area contributed by atoms with Gasteiger partial charge in [0.1, 0.15) is 5.75 Å². The third-order valence-electron chi connectivity index (χ3n) is 2.93. The molecular weight excluding hydrogens is 288 g/mol. The maximum absolute atomic E-state index is 11.7. The fourth-order valence-electron chi connectivity index (χ4n) is 1.72. The minimum Gasteiger partial charge on any atom is -0.484 e. The number of nitrogens with one attached hydrogen (secondary N) is 1. The Labute approximate surface area is 128 Å². The second kappa shape index (κ2) is 7.67. The van der Waals surface area contributed by atoms with Crippen LogP contribution in [0, 0.1) is 0 Å². The highest BCUT2D eigenvalue weighted by Crippen LogP contribution is 2.12. The minimum absolute atomic E-state index is 0.0183. The van der Waals surface area contributed by atoms with Gasteiger partial charge in [0.05, 0.1) is 0 Å². The highest BCUT2D eigenvalue weighted by Gasteiger charge is 2.03. The van der Waals surface area contributed by atoms with Gasteiger partial charge >= 0.3 is 0 Å². The molecule has 4 nitrogen and oxygen atoms in total. The topological polar surface area (TPSA) is 64.3 Å². The van der Waals surface area contributed by atoms with Gasteiger partial charge in [-0.1, -0.05) is 35.9 Å². The van der Waals surface area contributed by atoms with Gasteiger partial charge in [0.15, 0.2) is 6.61 Å². The third kappa shape index (κ3) is 5.10. The maximum Gasteiger partial charge on any atom is 0.258 e. The lowest BCUT2D eigenvalue weighted by molar-refractivity contribution is -0.123. The van der Waals surface area contributed by atoms with E-state index in [-0.39, 0.29) is 12.5 Å². The number of hydrogen-bond acceptors (Lipinski definition) is 3. The standard InChI is InChI=1S/C16H17ClN2O2/c17-14-5-1-13(2-6-14)10-19-16(20)11-21-15-7-3-12(9-18)4-8-15/h1-8H,9-11,18H2,(H,19,20). The summed E-state index contributed by atoms with van der Waals surface area (Å²) in [5.74, 6) is 0.474. The number of rotatable bonds is 6. The molecule has 0 radical (unpaired) electrons. The Morgan fingerprint density at radius 3 is 2.29 bits per heavy atom. The van der Waals surface area contributed by atoms with Crippen LogP contribution in [0.1, 0.15) is 11.1 Å². The molecule has 0 saturated carbocycles. The fourth-order valence-corrected chi connectivity index (χ4v) is 1.85. The van der Waals surface area contributed by atoms with E-state index in [0.29, 0.717) is 23.9 Å². The van der Waals surface area contributed by atoms with Gasteiger partial charge in [-0.15, -0.1) is 0 Å². The smallest absolute Gasteiger partial charge is 0.258 e. The molecule has 0 unspecified atom stereocenters. The van der Waals surface area contributed by atoms with Crippen molar-refractivity contribution in [3.05, 3.63) is 64.7 Å². The van der Waals surface area contributed by atoms with Gasteiger partial charge in [-0.05, 0) is 35.4 Å². The second-order valence-electron chi connectivity index (χ2n) is 4.54. The molecule has 2 rings (SSSR count). The normalized spacial score (nSPS) is 10.2. The summed E-state index contributed by atoms with van der Waals surface area (Å²) in [6.45, 7) is 0.920. The Morgan fingerprint density at radius 2 is 1.67 bits per heavy atom. The first-order valence-electron chi connectivity index (χ1n) is 6.60. The van der Waals surface area contributed by atoms with Gasteiger partial charge in [-0.25, -0.2) is 0 Å². The van der Waals surface area contributed by atoms with E-state index in [2.05, 4.69) is 5.32 Å². The molecule has 0 aliphatic rings. The minimum atomic E-state index is -0.173. The van der Waals surface area contributed by atoms with Gasteiger partial charge in [0, 0.05) is 18.1 Å². The molecule has 2 aromatic carbocycles. The SMILES string of the molecule is NCc1ccc(OCC(=O)NCc2ccc(Cl)cc2)cc1. The molecule has 0 aliphatic heterocycles. The van der Waals surface area contributed by atoms with Crippen molar-refractivity contribution in [1.29, 1.82) is 0 Å². The summed E-state index contributed by atoms with van der Waals surface area (Å²) in [4.78, 5) is 11.7. The van der Waals surface area contributed by atoms with Crippen LogP contribution in [-0.4, -0.2) is 12.5 Å². The zero-order chi connectivity index (χ0) is 15.1. The average molecular weight is 305 g/mol. The zero-order valence-corrected chi connectivity index (χ0v) is 12.3. The van der Waals surface area contributed by atoms with Crippen LogP contribution in [-0.2, 0) is 17.9 Å². The number of nitrogens with two attached hydrogens (primary N) is 1. The Kier molecular flexibility index (Phi) is 5.60. The summed E-state index contributed by atoms with van der Waals surface area (Å²) in [7, 11) is 0. The molecule has 0 heterocycles. The number of ether oxygens (including phenoxy) is 1. The number of hydrogen-bond donors (Lipinski definition) is 2. The van der Waals surface area contributed by atoms with Gasteiger partial charge in [-0.3, -0.25) is 4.79 Å². The largest absolute Gasteiger partial charge is 0.484 e. The van der Waals surface area contributed by atoms with E-state index >= 15 is 0 Å². The number of amides is 1. The Balaban J connectivity index is 1.75. The molecule has 0 fully saturated rings. The van der Waals surface area contributed by atoms with Crippen LogP contribution in [0.4, 0.5) is 0 Å². The summed E-state index contributed by atoms with van der Waals surface area (Å²) < 4.78 is 5.40. The first kappa shape index (κ1) is 15.4. The third-order valence-corrected chi connectivity index (χ3v) is 3.18. The molecule has 110 valence electrons. The molecule has 0 aromatic heterocycles. The maximum atomic E-state index is 11.7. The van der Waals surface area contributed by atoms with Crippen LogP contribution in [0.3, 0.4) is 0 Å². The van der Waals surface area contributed by atoms with E-state index in [1.165, 1.54) is 0 Å². The van der Waals surface area contributed by atoms with Crippen molar-refractivity contribution in [2.24, 2.45) is 5.73 Å². The average Bonchev–Trinajstić information content (AvgIpc) is 2.53. The molecule has 21 heavy (non-hydrogen) atoms. The Bertz CT molecular complexity index is 582. The molecule has 0 atom stereocenters. The molecule has 5 heteroatoms. The van der Waals surface area contributed by atoms with Crippen LogP contribution in [0.2, 0.25) is 5.02 Å². The molecule has 0 spiro atoms. The predicted molar refractivity (Wildman–Crippen MR) is 83.1 cm³/mol. The summed E-state index contributed by atoms with van der Waals surface area (Å²) in [5, 5.41) is 3.46. The number of halogens is 1. The predicted octanol–water partition coefficient (Wildman–Crippen LogP) is 2.49.